The van der Waals surface area contributed by atoms with E-state index in [0.29, 0.717) is 28.1 Å². The van der Waals surface area contributed by atoms with Gasteiger partial charge < -0.3 is 20.9 Å². The molecular weight excluding hydrogens is 438 g/mol. The number of piperidine rings is 1. The predicted molar refractivity (Wildman–Crippen MR) is 130 cm³/mol. The van der Waals surface area contributed by atoms with Gasteiger partial charge in [0.15, 0.2) is 5.13 Å². The summed E-state index contributed by atoms with van der Waals surface area (Å²) in [6.45, 7) is 6.93. The Morgan fingerprint density at radius 2 is 2.03 bits per heavy atom. The molecule has 0 radical (unpaired) electrons. The van der Waals surface area contributed by atoms with Gasteiger partial charge in [-0.2, -0.15) is 0 Å². The van der Waals surface area contributed by atoms with Crippen LogP contribution in [0.1, 0.15) is 28.1 Å². The van der Waals surface area contributed by atoms with Gasteiger partial charge in [-0.1, -0.05) is 17.9 Å². The number of hydrogen-bond acceptors (Lipinski definition) is 8. The highest BCUT2D eigenvalue weighted by Crippen LogP contribution is 2.25. The summed E-state index contributed by atoms with van der Waals surface area (Å²) in [4.78, 5) is 39.6. The number of likely N-dealkylation sites (tertiary alicyclic amines) is 1. The fraction of sp³-hybridized carbons (Fsp3) is 0.261. The van der Waals surface area contributed by atoms with E-state index in [4.69, 9.17) is 0 Å². The minimum absolute atomic E-state index is 0.0476. The number of aromatic nitrogens is 3. The maximum atomic E-state index is 12.5. The number of anilines is 4. The molecule has 1 saturated heterocycles. The fourth-order valence-electron chi connectivity index (χ4n) is 3.61. The number of nitrogens with zero attached hydrogens (tertiary/aromatic N) is 4. The highest BCUT2D eigenvalue weighted by Gasteiger charge is 2.22. The third-order valence-corrected chi connectivity index (χ3v) is 6.04. The summed E-state index contributed by atoms with van der Waals surface area (Å²) in [6, 6.07) is 7.45. The lowest BCUT2D eigenvalue weighted by molar-refractivity contribution is -0.127. The maximum Gasteiger partial charge on any atom is 0.267 e. The standard InChI is InChI=1S/C23H25N7O2S/c1-3-21(31)30-10-4-5-17(14-30)26-19-11-15(2)12-20(28-19)29-23-25-13-18(33-23)22(32)27-16-6-8-24-9-7-16/h3,6-9,11-13,17H,1,4-5,10,14H2,2H3,(H,24,27,32)(H2,25,26,28,29)/t17-/m0/s1. The lowest BCUT2D eigenvalue weighted by Gasteiger charge is -2.32. The van der Waals surface area contributed by atoms with Crippen molar-refractivity contribution in [3.05, 3.63) is 66.0 Å². The van der Waals surface area contributed by atoms with E-state index in [1.165, 1.54) is 23.6 Å². The fourth-order valence-corrected chi connectivity index (χ4v) is 4.33. The monoisotopic (exact) mass is 463 g/mol. The molecule has 3 aromatic heterocycles. The molecule has 10 heteroatoms. The number of aryl methyl sites for hydroxylation is 1. The van der Waals surface area contributed by atoms with Crippen LogP contribution in [0.25, 0.3) is 0 Å². The molecular formula is C23H25N7O2S. The zero-order chi connectivity index (χ0) is 23.2. The number of pyridine rings is 2. The first-order valence-corrected chi connectivity index (χ1v) is 11.4. The van der Waals surface area contributed by atoms with Crippen molar-refractivity contribution >= 4 is 45.6 Å². The largest absolute Gasteiger partial charge is 0.365 e. The smallest absolute Gasteiger partial charge is 0.267 e. The molecule has 0 saturated carbocycles. The first-order chi connectivity index (χ1) is 16.0. The average Bonchev–Trinajstić information content (AvgIpc) is 3.27. The molecule has 4 rings (SSSR count). The van der Waals surface area contributed by atoms with Crippen LogP contribution in [-0.2, 0) is 4.79 Å². The molecule has 4 heterocycles. The molecule has 1 atom stereocenters. The molecule has 9 nitrogen and oxygen atoms in total. The van der Waals surface area contributed by atoms with E-state index in [1.807, 2.05) is 19.1 Å². The summed E-state index contributed by atoms with van der Waals surface area (Å²) in [5.41, 5.74) is 1.70. The van der Waals surface area contributed by atoms with Crippen LogP contribution in [-0.4, -0.2) is 50.8 Å². The second kappa shape index (κ2) is 10.2. The van der Waals surface area contributed by atoms with Gasteiger partial charge >= 0.3 is 0 Å². The van der Waals surface area contributed by atoms with Gasteiger partial charge in [-0.25, -0.2) is 9.97 Å². The third kappa shape index (κ3) is 5.92. The van der Waals surface area contributed by atoms with E-state index in [0.717, 1.165) is 30.8 Å². The Hall–Kier alpha value is -3.79. The highest BCUT2D eigenvalue weighted by atomic mass is 32.1. The molecule has 33 heavy (non-hydrogen) atoms. The lowest BCUT2D eigenvalue weighted by atomic mass is 10.1. The Morgan fingerprint density at radius 1 is 1.24 bits per heavy atom. The summed E-state index contributed by atoms with van der Waals surface area (Å²) in [5.74, 6) is 1.07. The van der Waals surface area contributed by atoms with Crippen molar-refractivity contribution in [3.8, 4) is 0 Å². The Morgan fingerprint density at radius 3 is 2.82 bits per heavy atom. The first kappa shape index (κ1) is 22.4. The quantitative estimate of drug-likeness (QED) is 0.457. The number of hydrogen-bond donors (Lipinski definition) is 3. The topological polar surface area (TPSA) is 112 Å². The Kier molecular flexibility index (Phi) is 6.94. The van der Waals surface area contributed by atoms with Gasteiger partial charge in [0, 0.05) is 37.2 Å². The van der Waals surface area contributed by atoms with Gasteiger partial charge in [-0.05, 0) is 55.7 Å². The van der Waals surface area contributed by atoms with Gasteiger partial charge in [0.2, 0.25) is 5.91 Å². The van der Waals surface area contributed by atoms with E-state index >= 15 is 0 Å². The number of nitrogens with one attached hydrogen (secondary N) is 3. The minimum Gasteiger partial charge on any atom is -0.365 e. The Bertz CT molecular complexity index is 1150. The first-order valence-electron chi connectivity index (χ1n) is 10.6. The van der Waals surface area contributed by atoms with E-state index in [-0.39, 0.29) is 17.9 Å². The number of carbonyl (C=O) groups excluding carboxylic acids is 2. The molecule has 0 spiro atoms. The van der Waals surface area contributed by atoms with Crippen LogP contribution in [0.4, 0.5) is 22.5 Å². The maximum absolute atomic E-state index is 12.5. The number of amides is 2. The van der Waals surface area contributed by atoms with Crippen LogP contribution < -0.4 is 16.0 Å². The number of thiazole rings is 1. The summed E-state index contributed by atoms with van der Waals surface area (Å²) < 4.78 is 0. The van der Waals surface area contributed by atoms with Gasteiger partial charge in [0.25, 0.3) is 5.91 Å². The van der Waals surface area contributed by atoms with Gasteiger partial charge in [-0.3, -0.25) is 14.6 Å². The zero-order valence-electron chi connectivity index (χ0n) is 18.2. The van der Waals surface area contributed by atoms with Crippen LogP contribution >= 0.6 is 11.3 Å². The van der Waals surface area contributed by atoms with Crippen molar-refractivity contribution in [3.63, 3.8) is 0 Å². The Labute approximate surface area is 196 Å². The summed E-state index contributed by atoms with van der Waals surface area (Å²) in [5, 5.41) is 10.0. The van der Waals surface area contributed by atoms with Crippen LogP contribution in [0.2, 0.25) is 0 Å². The SMILES string of the molecule is C=CC(=O)N1CCC[C@H](Nc2cc(C)cc(Nc3ncc(C(=O)Nc4ccncc4)s3)n2)C1. The van der Waals surface area contributed by atoms with Crippen molar-refractivity contribution in [2.45, 2.75) is 25.8 Å². The lowest BCUT2D eigenvalue weighted by Crippen LogP contribution is -2.44. The van der Waals surface area contributed by atoms with E-state index in [9.17, 15) is 9.59 Å². The van der Waals surface area contributed by atoms with Crippen molar-refractivity contribution in [1.29, 1.82) is 0 Å². The number of carbonyl (C=O) groups is 2. The summed E-state index contributed by atoms with van der Waals surface area (Å²) >= 11 is 1.24. The van der Waals surface area contributed by atoms with Crippen molar-refractivity contribution in [1.82, 2.24) is 19.9 Å². The normalized spacial score (nSPS) is 15.5. The van der Waals surface area contributed by atoms with Gasteiger partial charge in [-0.15, -0.1) is 0 Å². The molecule has 0 unspecified atom stereocenters. The van der Waals surface area contributed by atoms with Gasteiger partial charge in [0.1, 0.15) is 16.5 Å². The van der Waals surface area contributed by atoms with Crippen LogP contribution in [0.15, 0.2) is 55.5 Å². The molecule has 2 amide bonds. The van der Waals surface area contributed by atoms with Crippen LogP contribution in [0.5, 0.6) is 0 Å². The third-order valence-electron chi connectivity index (χ3n) is 5.13. The Balaban J connectivity index is 1.41. The summed E-state index contributed by atoms with van der Waals surface area (Å²) in [6.07, 6.45) is 8.01. The summed E-state index contributed by atoms with van der Waals surface area (Å²) in [7, 11) is 0. The molecule has 1 aliphatic rings. The van der Waals surface area contributed by atoms with E-state index < -0.39 is 0 Å². The van der Waals surface area contributed by atoms with Crippen LogP contribution in [0, 0.1) is 6.92 Å². The van der Waals surface area contributed by atoms with Crippen LogP contribution in [0.3, 0.4) is 0 Å². The second-order valence-corrected chi connectivity index (χ2v) is 8.76. The van der Waals surface area contributed by atoms with E-state index in [1.54, 1.807) is 29.4 Å². The molecule has 0 aromatic carbocycles. The molecule has 3 N–H and O–H groups in total. The molecule has 0 aliphatic carbocycles. The zero-order valence-corrected chi connectivity index (χ0v) is 19.1. The molecule has 0 bridgehead atoms. The second-order valence-electron chi connectivity index (χ2n) is 7.73. The van der Waals surface area contributed by atoms with Crippen molar-refractivity contribution in [2.24, 2.45) is 0 Å². The van der Waals surface area contributed by atoms with Crippen molar-refractivity contribution in [2.75, 3.05) is 29.0 Å². The molecule has 170 valence electrons. The molecule has 1 aliphatic heterocycles. The predicted octanol–water partition coefficient (Wildman–Crippen LogP) is 3.83. The molecule has 1 fully saturated rings. The van der Waals surface area contributed by atoms with Gasteiger partial charge in [0.05, 0.1) is 6.20 Å². The minimum atomic E-state index is -0.234. The molecule has 3 aromatic rings. The highest BCUT2D eigenvalue weighted by molar-refractivity contribution is 7.17. The average molecular weight is 464 g/mol. The van der Waals surface area contributed by atoms with E-state index in [2.05, 4.69) is 37.5 Å². The van der Waals surface area contributed by atoms with Crippen molar-refractivity contribution < 1.29 is 9.59 Å². The number of rotatable bonds is 7.